The Morgan fingerprint density at radius 2 is 1.81 bits per heavy atom. The van der Waals surface area contributed by atoms with Crippen LogP contribution in [0.25, 0.3) is 0 Å². The number of anilines is 1. The number of nitrogens with one attached hydrogen (secondary N) is 1. The summed E-state index contributed by atoms with van der Waals surface area (Å²) >= 11 is 1.71. The van der Waals surface area contributed by atoms with E-state index in [9.17, 15) is 4.79 Å². The van der Waals surface area contributed by atoms with E-state index < -0.39 is 0 Å². The van der Waals surface area contributed by atoms with E-state index in [2.05, 4.69) is 33.0 Å². The minimum atomic E-state index is 0. The van der Waals surface area contributed by atoms with Crippen LogP contribution in [0.1, 0.15) is 38.5 Å². The van der Waals surface area contributed by atoms with Crippen LogP contribution < -0.4 is 63.5 Å². The summed E-state index contributed by atoms with van der Waals surface area (Å²) in [6, 6.07) is 1.95. The second kappa shape index (κ2) is 8.14. The molecular weight excluding hydrogens is 292 g/mol. The fraction of sp³-hybridized carbons (Fsp3) is 0.583. The third kappa shape index (κ3) is 4.33. The molecule has 0 aliphatic heterocycles. The van der Waals surface area contributed by atoms with Gasteiger partial charge in [0.2, 0.25) is 0 Å². The molecular formula is C12H18NORbS. The summed E-state index contributed by atoms with van der Waals surface area (Å²) in [5.74, 6) is 1.66. The summed E-state index contributed by atoms with van der Waals surface area (Å²) in [6.07, 6.45) is 1.75. The first-order chi connectivity index (χ1) is 7.07. The van der Waals surface area contributed by atoms with Crippen LogP contribution >= 0.6 is 11.3 Å². The van der Waals surface area contributed by atoms with Crippen molar-refractivity contribution in [2.75, 3.05) is 5.32 Å². The predicted octanol–water partition coefficient (Wildman–Crippen LogP) is 0.627. The molecule has 0 aliphatic rings. The molecule has 0 unspecified atom stereocenters. The van der Waals surface area contributed by atoms with E-state index in [4.69, 9.17) is 0 Å². The van der Waals surface area contributed by atoms with E-state index in [0.29, 0.717) is 17.8 Å². The van der Waals surface area contributed by atoms with Crippen molar-refractivity contribution in [2.45, 2.75) is 33.6 Å². The van der Waals surface area contributed by atoms with Gasteiger partial charge in [-0.15, -0.1) is 6.07 Å². The Kier molecular flexibility index (Phi) is 8.64. The molecule has 2 nitrogen and oxygen atoms in total. The van der Waals surface area contributed by atoms with Gasteiger partial charge in [0.15, 0.2) is 0 Å². The van der Waals surface area contributed by atoms with Crippen LogP contribution in [0.3, 0.4) is 0 Å². The van der Waals surface area contributed by atoms with Crippen LogP contribution in [0.2, 0.25) is 0 Å². The first-order valence-electron chi connectivity index (χ1n) is 5.28. The number of rotatable bonds is 5. The van der Waals surface area contributed by atoms with Crippen LogP contribution in [-0.2, 0) is 4.79 Å². The third-order valence-corrected chi connectivity index (χ3v) is 3.64. The molecule has 1 heterocycles. The second-order valence-corrected chi connectivity index (χ2v) is 5.39. The SMILES string of the molecule is CC(C)C(c1sccc1N[C-]=O)C(C)C.[Rb+]. The molecule has 0 saturated heterocycles. The average Bonchev–Trinajstić information content (AvgIpc) is 2.53. The summed E-state index contributed by atoms with van der Waals surface area (Å²) in [5, 5.41) is 4.67. The zero-order chi connectivity index (χ0) is 11.4. The molecule has 16 heavy (non-hydrogen) atoms. The van der Waals surface area contributed by atoms with Crippen LogP contribution in [-0.4, -0.2) is 6.41 Å². The molecule has 0 bridgehead atoms. The van der Waals surface area contributed by atoms with Gasteiger partial charge in [-0.3, -0.25) is 0 Å². The van der Waals surface area contributed by atoms with Gasteiger partial charge in [0, 0.05) is 0 Å². The topological polar surface area (TPSA) is 29.1 Å². The van der Waals surface area contributed by atoms with E-state index >= 15 is 0 Å². The number of amides is 1. The second-order valence-electron chi connectivity index (χ2n) is 4.44. The maximum absolute atomic E-state index is 10.4. The Morgan fingerprint density at radius 1 is 1.25 bits per heavy atom. The minimum absolute atomic E-state index is 0. The van der Waals surface area contributed by atoms with E-state index in [-0.39, 0.29) is 58.2 Å². The van der Waals surface area contributed by atoms with Gasteiger partial charge in [-0.2, -0.15) is 11.3 Å². The van der Waals surface area contributed by atoms with Crippen LogP contribution in [0, 0.1) is 11.8 Å². The number of carbonyl (C=O) groups excluding carboxylic acids is 1. The molecule has 0 atom stereocenters. The Hall–Kier alpha value is 0.975. The summed E-state index contributed by atoms with van der Waals surface area (Å²) < 4.78 is 0. The van der Waals surface area contributed by atoms with Gasteiger partial charge in [-0.25, -0.2) is 0 Å². The van der Waals surface area contributed by atoms with Crippen LogP contribution in [0.15, 0.2) is 11.4 Å². The summed E-state index contributed by atoms with van der Waals surface area (Å²) in [4.78, 5) is 11.6. The predicted molar refractivity (Wildman–Crippen MR) is 66.1 cm³/mol. The average molecular weight is 310 g/mol. The first-order valence-corrected chi connectivity index (χ1v) is 6.16. The molecule has 0 spiro atoms. The summed E-state index contributed by atoms with van der Waals surface area (Å²) in [6.45, 7) is 8.88. The van der Waals surface area contributed by atoms with E-state index in [1.54, 1.807) is 17.7 Å². The quantitative estimate of drug-likeness (QED) is 0.627. The number of hydrogen-bond donors (Lipinski definition) is 1. The number of hydrogen-bond acceptors (Lipinski definition) is 2. The maximum Gasteiger partial charge on any atom is 1.00 e. The Morgan fingerprint density at radius 3 is 2.25 bits per heavy atom. The fourth-order valence-corrected chi connectivity index (χ4v) is 3.41. The molecule has 1 aromatic heterocycles. The standard InChI is InChI=1S/C12H18NOS.Rb/c1-8(2)11(9(3)4)12-10(13-7-14)5-6-15-12;/h5-6,8-9,11H,1-4H3,(H,13,14);/q-1;+1. The summed E-state index contributed by atoms with van der Waals surface area (Å²) in [7, 11) is 0. The van der Waals surface area contributed by atoms with E-state index in [1.165, 1.54) is 4.88 Å². The van der Waals surface area contributed by atoms with Crippen molar-refractivity contribution in [3.63, 3.8) is 0 Å². The smallest absolute Gasteiger partial charge is 0.489 e. The molecule has 0 saturated carbocycles. The van der Waals surface area contributed by atoms with Crippen molar-refractivity contribution < 1.29 is 63.0 Å². The Bertz CT molecular complexity index is 315. The Labute approximate surface area is 151 Å². The van der Waals surface area contributed by atoms with Gasteiger partial charge in [-0.1, -0.05) is 38.3 Å². The molecule has 0 fully saturated rings. The van der Waals surface area contributed by atoms with Crippen molar-refractivity contribution >= 4 is 23.4 Å². The van der Waals surface area contributed by atoms with Crippen molar-refractivity contribution in [3.05, 3.63) is 16.3 Å². The van der Waals surface area contributed by atoms with Crippen LogP contribution in [0.5, 0.6) is 0 Å². The molecule has 1 aromatic rings. The molecule has 1 rings (SSSR count). The molecule has 84 valence electrons. The largest absolute Gasteiger partial charge is 1.00 e. The van der Waals surface area contributed by atoms with Crippen LogP contribution in [0.4, 0.5) is 5.69 Å². The summed E-state index contributed by atoms with van der Waals surface area (Å²) in [5.41, 5.74) is 0.919. The molecule has 0 aliphatic carbocycles. The van der Waals surface area contributed by atoms with Gasteiger partial charge in [0.1, 0.15) is 0 Å². The fourth-order valence-electron chi connectivity index (χ4n) is 2.11. The van der Waals surface area contributed by atoms with Gasteiger partial charge < -0.3 is 10.1 Å². The maximum atomic E-state index is 10.4. The third-order valence-electron chi connectivity index (χ3n) is 2.62. The number of thiophene rings is 1. The van der Waals surface area contributed by atoms with Crippen molar-refractivity contribution in [1.82, 2.24) is 0 Å². The molecule has 0 aromatic carbocycles. The van der Waals surface area contributed by atoms with Gasteiger partial charge >= 0.3 is 58.2 Å². The van der Waals surface area contributed by atoms with Gasteiger partial charge in [-0.05, 0) is 23.1 Å². The monoisotopic (exact) mass is 309 g/mol. The van der Waals surface area contributed by atoms with Crippen molar-refractivity contribution in [1.29, 1.82) is 0 Å². The van der Waals surface area contributed by atoms with E-state index in [0.717, 1.165) is 5.69 Å². The van der Waals surface area contributed by atoms with E-state index in [1.807, 2.05) is 11.4 Å². The van der Waals surface area contributed by atoms with Gasteiger partial charge in [0.05, 0.1) is 6.41 Å². The minimum Gasteiger partial charge on any atom is -0.489 e. The first kappa shape index (κ1) is 17.0. The molecule has 1 amide bonds. The molecule has 1 N–H and O–H groups in total. The zero-order valence-electron chi connectivity index (χ0n) is 10.7. The normalized spacial score (nSPS) is 10.7. The Balaban J connectivity index is 0.00000225. The molecule has 4 heteroatoms. The molecule has 0 radical (unpaired) electrons. The van der Waals surface area contributed by atoms with Crippen molar-refractivity contribution in [2.24, 2.45) is 11.8 Å². The zero-order valence-corrected chi connectivity index (χ0v) is 16.4. The van der Waals surface area contributed by atoms with Gasteiger partial charge in [0.25, 0.3) is 0 Å². The van der Waals surface area contributed by atoms with Crippen molar-refractivity contribution in [3.8, 4) is 0 Å².